The van der Waals surface area contributed by atoms with Crippen molar-refractivity contribution in [2.45, 2.75) is 13.5 Å². The molecular weight excluding hydrogens is 210 g/mol. The topological polar surface area (TPSA) is 22.1 Å². The van der Waals surface area contributed by atoms with Crippen LogP contribution in [-0.2, 0) is 6.61 Å². The van der Waals surface area contributed by atoms with Crippen LogP contribution in [0.4, 0.5) is 0 Å². The fourth-order valence-corrected chi connectivity index (χ4v) is 1.49. The normalized spacial score (nSPS) is 10.6. The van der Waals surface area contributed by atoms with Crippen LogP contribution in [0.3, 0.4) is 0 Å². The van der Waals surface area contributed by atoms with Gasteiger partial charge in [-0.2, -0.15) is 0 Å². The van der Waals surface area contributed by atoms with Crippen LogP contribution in [0.15, 0.2) is 54.7 Å². The van der Waals surface area contributed by atoms with Gasteiger partial charge in [0, 0.05) is 0 Å². The van der Waals surface area contributed by atoms with Gasteiger partial charge in [0.25, 0.3) is 0 Å². The molecule has 0 saturated heterocycles. The van der Waals surface area contributed by atoms with Crippen molar-refractivity contribution in [3.05, 3.63) is 66.0 Å². The number of rotatable bonds is 4. The van der Waals surface area contributed by atoms with E-state index in [0.29, 0.717) is 6.61 Å². The maximum absolute atomic E-state index is 5.64. The molecule has 0 radical (unpaired) electrons. The smallest absolute Gasteiger partial charge is 0.138 e. The summed E-state index contributed by atoms with van der Waals surface area (Å²) in [5, 5.41) is 0. The van der Waals surface area contributed by atoms with E-state index in [1.807, 2.05) is 61.5 Å². The van der Waals surface area contributed by atoms with Crippen molar-refractivity contribution in [2.75, 3.05) is 0 Å². The Morgan fingerprint density at radius 2 is 1.94 bits per heavy atom. The number of aromatic nitrogens is 1. The number of nitrogens with zero attached hydrogens (tertiary/aromatic N) is 1. The van der Waals surface area contributed by atoms with Crippen molar-refractivity contribution in [2.24, 2.45) is 0 Å². The van der Waals surface area contributed by atoms with Crippen LogP contribution in [0.1, 0.15) is 18.2 Å². The molecule has 0 N–H and O–H groups in total. The Morgan fingerprint density at radius 3 is 2.59 bits per heavy atom. The van der Waals surface area contributed by atoms with Crippen LogP contribution in [-0.4, -0.2) is 4.98 Å². The predicted octanol–water partition coefficient (Wildman–Crippen LogP) is 3.69. The molecule has 2 aromatic rings. The molecule has 0 bridgehead atoms. The highest BCUT2D eigenvalue weighted by Gasteiger charge is 1.95. The first-order valence-corrected chi connectivity index (χ1v) is 5.64. The van der Waals surface area contributed by atoms with Gasteiger partial charge < -0.3 is 4.74 Å². The number of hydrogen-bond donors (Lipinski definition) is 0. The molecule has 0 aliphatic rings. The lowest BCUT2D eigenvalue weighted by atomic mass is 10.2. The molecule has 1 aromatic heterocycles. The third-order valence-corrected chi connectivity index (χ3v) is 2.34. The van der Waals surface area contributed by atoms with Crippen LogP contribution in [0, 0.1) is 0 Å². The molecule has 2 rings (SSSR count). The fourth-order valence-electron chi connectivity index (χ4n) is 1.49. The Labute approximate surface area is 102 Å². The lowest BCUT2D eigenvalue weighted by Gasteiger charge is -2.05. The Balaban J connectivity index is 1.95. The van der Waals surface area contributed by atoms with E-state index in [-0.39, 0.29) is 0 Å². The quantitative estimate of drug-likeness (QED) is 0.791. The predicted molar refractivity (Wildman–Crippen MR) is 69.7 cm³/mol. The molecule has 0 fully saturated rings. The molecule has 1 heterocycles. The Hall–Kier alpha value is -2.09. The van der Waals surface area contributed by atoms with E-state index in [1.165, 1.54) is 0 Å². The van der Waals surface area contributed by atoms with E-state index in [0.717, 1.165) is 17.0 Å². The molecule has 0 unspecified atom stereocenters. The van der Waals surface area contributed by atoms with Crippen LogP contribution in [0.5, 0.6) is 5.75 Å². The molecule has 0 spiro atoms. The zero-order valence-electron chi connectivity index (χ0n) is 9.84. The van der Waals surface area contributed by atoms with Crippen molar-refractivity contribution >= 4 is 6.08 Å². The number of pyridine rings is 1. The molecule has 2 heteroatoms. The van der Waals surface area contributed by atoms with Crippen molar-refractivity contribution < 1.29 is 4.74 Å². The lowest BCUT2D eigenvalue weighted by Crippen LogP contribution is -1.95. The van der Waals surface area contributed by atoms with Gasteiger partial charge in [0.1, 0.15) is 12.4 Å². The number of hydrogen-bond acceptors (Lipinski definition) is 2. The largest absolute Gasteiger partial charge is 0.487 e. The second-order valence-electron chi connectivity index (χ2n) is 3.69. The van der Waals surface area contributed by atoms with Crippen LogP contribution >= 0.6 is 0 Å². The summed E-state index contributed by atoms with van der Waals surface area (Å²) in [5.41, 5.74) is 2.10. The highest BCUT2D eigenvalue weighted by Crippen LogP contribution is 2.12. The first-order valence-electron chi connectivity index (χ1n) is 5.64. The van der Waals surface area contributed by atoms with Gasteiger partial charge in [-0.1, -0.05) is 36.4 Å². The van der Waals surface area contributed by atoms with Gasteiger partial charge >= 0.3 is 0 Å². The molecule has 86 valence electrons. The molecule has 2 nitrogen and oxygen atoms in total. The van der Waals surface area contributed by atoms with Crippen LogP contribution in [0.25, 0.3) is 6.08 Å². The summed E-state index contributed by atoms with van der Waals surface area (Å²) in [5.74, 6) is 0.794. The maximum Gasteiger partial charge on any atom is 0.138 e. The Kier molecular flexibility index (Phi) is 3.92. The van der Waals surface area contributed by atoms with E-state index < -0.39 is 0 Å². The molecule has 0 atom stereocenters. The first-order chi connectivity index (χ1) is 8.38. The molecule has 0 aliphatic heterocycles. The summed E-state index contributed by atoms with van der Waals surface area (Å²) in [6.07, 6.45) is 5.67. The molecule has 0 saturated carbocycles. The second kappa shape index (κ2) is 5.85. The minimum Gasteiger partial charge on any atom is -0.487 e. The zero-order valence-corrected chi connectivity index (χ0v) is 9.84. The van der Waals surface area contributed by atoms with E-state index >= 15 is 0 Å². The van der Waals surface area contributed by atoms with Gasteiger partial charge in [-0.05, 0) is 30.7 Å². The maximum atomic E-state index is 5.64. The number of ether oxygens (including phenoxy) is 1. The van der Waals surface area contributed by atoms with Crippen molar-refractivity contribution in [1.29, 1.82) is 0 Å². The van der Waals surface area contributed by atoms with Crippen molar-refractivity contribution in [1.82, 2.24) is 4.98 Å². The van der Waals surface area contributed by atoms with E-state index in [2.05, 4.69) is 4.98 Å². The average molecular weight is 225 g/mol. The molecule has 1 aromatic carbocycles. The van der Waals surface area contributed by atoms with Crippen molar-refractivity contribution in [3.8, 4) is 5.75 Å². The van der Waals surface area contributed by atoms with Gasteiger partial charge in [-0.25, -0.2) is 0 Å². The summed E-state index contributed by atoms with van der Waals surface area (Å²) in [6.45, 7) is 2.55. The Morgan fingerprint density at radius 1 is 1.12 bits per heavy atom. The zero-order chi connectivity index (χ0) is 11.9. The summed E-state index contributed by atoms with van der Waals surface area (Å²) >= 11 is 0. The summed E-state index contributed by atoms with van der Waals surface area (Å²) in [6, 6.07) is 14.0. The monoisotopic (exact) mass is 225 g/mol. The third-order valence-electron chi connectivity index (χ3n) is 2.34. The SMILES string of the molecule is C/C=C/c1ccc(OCc2ccccc2)cn1. The fraction of sp³-hybridized carbons (Fsp3) is 0.133. The van der Waals surface area contributed by atoms with Gasteiger partial charge in [-0.3, -0.25) is 4.98 Å². The van der Waals surface area contributed by atoms with Gasteiger partial charge in [0.05, 0.1) is 11.9 Å². The van der Waals surface area contributed by atoms with E-state index in [9.17, 15) is 0 Å². The van der Waals surface area contributed by atoms with Gasteiger partial charge in [-0.15, -0.1) is 0 Å². The minimum absolute atomic E-state index is 0.575. The van der Waals surface area contributed by atoms with E-state index in [4.69, 9.17) is 4.74 Å². The van der Waals surface area contributed by atoms with Gasteiger partial charge in [0.15, 0.2) is 0 Å². The second-order valence-corrected chi connectivity index (χ2v) is 3.69. The third kappa shape index (κ3) is 3.45. The molecular formula is C15H15NO. The standard InChI is InChI=1S/C15H15NO/c1-2-6-14-9-10-15(11-16-14)17-12-13-7-4-3-5-8-13/h2-11H,12H2,1H3/b6-2+. The van der Waals surface area contributed by atoms with Crippen LogP contribution < -0.4 is 4.74 Å². The van der Waals surface area contributed by atoms with Crippen LogP contribution in [0.2, 0.25) is 0 Å². The number of allylic oxidation sites excluding steroid dienone is 1. The highest BCUT2D eigenvalue weighted by atomic mass is 16.5. The van der Waals surface area contributed by atoms with Gasteiger partial charge in [0.2, 0.25) is 0 Å². The molecule has 0 aliphatic carbocycles. The molecule has 17 heavy (non-hydrogen) atoms. The van der Waals surface area contributed by atoms with Crippen molar-refractivity contribution in [3.63, 3.8) is 0 Å². The average Bonchev–Trinajstić information content (AvgIpc) is 2.40. The molecule has 0 amide bonds. The summed E-state index contributed by atoms with van der Waals surface area (Å²) in [4.78, 5) is 4.27. The first kappa shape index (κ1) is 11.4. The minimum atomic E-state index is 0.575. The number of benzene rings is 1. The summed E-state index contributed by atoms with van der Waals surface area (Å²) < 4.78 is 5.64. The summed E-state index contributed by atoms with van der Waals surface area (Å²) in [7, 11) is 0. The Bertz CT molecular complexity index is 474. The lowest BCUT2D eigenvalue weighted by molar-refractivity contribution is 0.305. The van der Waals surface area contributed by atoms with E-state index in [1.54, 1.807) is 6.20 Å². The highest BCUT2D eigenvalue weighted by molar-refractivity contribution is 5.44.